The maximum absolute atomic E-state index is 12.1. The fourth-order valence-corrected chi connectivity index (χ4v) is 3.57. The molecule has 0 aliphatic heterocycles. The smallest absolute Gasteiger partial charge is 0.263 e. The van der Waals surface area contributed by atoms with E-state index in [0.717, 1.165) is 17.8 Å². The Bertz CT molecular complexity index is 815. The van der Waals surface area contributed by atoms with Crippen LogP contribution in [0.1, 0.15) is 39.2 Å². The van der Waals surface area contributed by atoms with Gasteiger partial charge in [-0.05, 0) is 39.7 Å². The van der Waals surface area contributed by atoms with Crippen molar-refractivity contribution in [3.05, 3.63) is 33.0 Å². The second kappa shape index (κ2) is 11.3. The molecule has 156 valence electrons. The fraction of sp³-hybridized carbons (Fsp3) is 0.556. The Morgan fingerprint density at radius 3 is 2.46 bits per heavy atom. The minimum atomic E-state index is -0.0874. The quantitative estimate of drug-likeness (QED) is 0.225. The summed E-state index contributed by atoms with van der Waals surface area (Å²) in [5, 5.41) is 14.0. The molecule has 0 saturated heterocycles. The number of guanidine groups is 1. The average Bonchev–Trinajstić information content (AvgIpc) is 3.15. The molecule has 2 aromatic heterocycles. The Kier molecular flexibility index (Phi) is 9.87. The summed E-state index contributed by atoms with van der Waals surface area (Å²) in [5.41, 5.74) is 5.96. The zero-order valence-electron chi connectivity index (χ0n) is 17.3. The minimum Gasteiger partial charge on any atom is -0.355 e. The van der Waals surface area contributed by atoms with Crippen molar-refractivity contribution in [3.63, 3.8) is 0 Å². The number of hydrogen-bond acceptors (Lipinski definition) is 5. The molecule has 0 fully saturated rings. The van der Waals surface area contributed by atoms with Crippen molar-refractivity contribution in [3.8, 4) is 0 Å². The van der Waals surface area contributed by atoms with Crippen molar-refractivity contribution in [2.75, 3.05) is 20.1 Å². The van der Waals surface area contributed by atoms with Crippen molar-refractivity contribution in [2.45, 2.75) is 40.2 Å². The van der Waals surface area contributed by atoms with Gasteiger partial charge < -0.3 is 16.0 Å². The predicted molar refractivity (Wildman–Crippen MR) is 125 cm³/mol. The highest BCUT2D eigenvalue weighted by atomic mass is 127. The number of nitrogens with one attached hydrogen (secondary N) is 3. The van der Waals surface area contributed by atoms with Crippen molar-refractivity contribution in [1.82, 2.24) is 30.7 Å². The van der Waals surface area contributed by atoms with E-state index in [4.69, 9.17) is 0 Å². The third-order valence-corrected chi connectivity index (χ3v) is 5.36. The van der Waals surface area contributed by atoms with Crippen LogP contribution in [0, 0.1) is 20.8 Å². The molecule has 0 radical (unpaired) electrons. The summed E-state index contributed by atoms with van der Waals surface area (Å²) in [6.07, 6.45) is 0.869. The summed E-state index contributed by atoms with van der Waals surface area (Å²) >= 11 is 1.35. The summed E-state index contributed by atoms with van der Waals surface area (Å²) in [7, 11) is 3.70. The standard InChI is InChI=1S/C18H29N7OS.HI/c1-11(9-15-12(2)24-25(6)14(15)4)23-18(19-5)21-8-7-20-17(26)16-13(3)22-10-27-16;/h10-11H,7-9H2,1-6H3,(H,20,26)(H2,19,21,23);1H. The summed E-state index contributed by atoms with van der Waals surface area (Å²) in [6, 6.07) is 0.201. The van der Waals surface area contributed by atoms with Gasteiger partial charge in [0.25, 0.3) is 5.91 Å². The molecular formula is C18H30IN7OS. The van der Waals surface area contributed by atoms with Crippen LogP contribution in [-0.4, -0.2) is 52.8 Å². The van der Waals surface area contributed by atoms with E-state index in [1.807, 2.05) is 25.6 Å². The first-order valence-corrected chi connectivity index (χ1v) is 9.86. The lowest BCUT2D eigenvalue weighted by molar-refractivity contribution is 0.0957. The van der Waals surface area contributed by atoms with E-state index in [0.29, 0.717) is 23.9 Å². The van der Waals surface area contributed by atoms with Crippen molar-refractivity contribution in [2.24, 2.45) is 12.0 Å². The molecule has 8 nitrogen and oxygen atoms in total. The Hall–Kier alpha value is -1.69. The molecule has 0 aliphatic carbocycles. The van der Waals surface area contributed by atoms with Crippen LogP contribution in [0.5, 0.6) is 0 Å². The number of nitrogens with zero attached hydrogens (tertiary/aromatic N) is 4. The van der Waals surface area contributed by atoms with Crippen LogP contribution in [0.15, 0.2) is 10.5 Å². The molecule has 2 heterocycles. The Morgan fingerprint density at radius 2 is 1.93 bits per heavy atom. The van der Waals surface area contributed by atoms with E-state index < -0.39 is 0 Å². The van der Waals surface area contributed by atoms with Gasteiger partial charge in [-0.2, -0.15) is 5.10 Å². The zero-order chi connectivity index (χ0) is 20.0. The molecule has 2 aromatic rings. The number of carbonyl (C=O) groups excluding carboxylic acids is 1. The number of amides is 1. The highest BCUT2D eigenvalue weighted by Crippen LogP contribution is 2.14. The molecule has 0 saturated carbocycles. The minimum absolute atomic E-state index is 0. The first-order chi connectivity index (χ1) is 12.8. The molecule has 1 amide bonds. The van der Waals surface area contributed by atoms with Crippen LogP contribution in [0.2, 0.25) is 0 Å². The predicted octanol–water partition coefficient (Wildman–Crippen LogP) is 1.95. The fourth-order valence-electron chi connectivity index (χ4n) is 2.86. The summed E-state index contributed by atoms with van der Waals surface area (Å²) in [4.78, 5) is 21.1. The lowest BCUT2D eigenvalue weighted by Gasteiger charge is -2.18. The van der Waals surface area contributed by atoms with Gasteiger partial charge in [0.05, 0.1) is 16.9 Å². The van der Waals surface area contributed by atoms with Gasteiger partial charge in [-0.3, -0.25) is 14.5 Å². The van der Waals surface area contributed by atoms with E-state index >= 15 is 0 Å². The van der Waals surface area contributed by atoms with E-state index in [2.05, 4.69) is 44.9 Å². The monoisotopic (exact) mass is 519 g/mol. The topological polar surface area (TPSA) is 96.2 Å². The highest BCUT2D eigenvalue weighted by molar-refractivity contribution is 14.0. The highest BCUT2D eigenvalue weighted by Gasteiger charge is 2.14. The molecule has 0 aliphatic rings. The second-order valence-electron chi connectivity index (χ2n) is 6.54. The van der Waals surface area contributed by atoms with Crippen molar-refractivity contribution in [1.29, 1.82) is 0 Å². The number of hydrogen-bond donors (Lipinski definition) is 3. The molecule has 28 heavy (non-hydrogen) atoms. The van der Waals surface area contributed by atoms with Gasteiger partial charge in [0.2, 0.25) is 0 Å². The molecule has 2 rings (SSSR count). The van der Waals surface area contributed by atoms with Crippen LogP contribution in [0.3, 0.4) is 0 Å². The maximum Gasteiger partial charge on any atom is 0.263 e. The first-order valence-electron chi connectivity index (χ1n) is 8.98. The number of rotatable bonds is 7. The number of halogens is 1. The van der Waals surface area contributed by atoms with Crippen LogP contribution >= 0.6 is 35.3 Å². The lowest BCUT2D eigenvalue weighted by atomic mass is 10.1. The molecule has 0 spiro atoms. The van der Waals surface area contributed by atoms with Crippen molar-refractivity contribution >= 4 is 47.2 Å². The number of aromatic nitrogens is 3. The molecule has 0 aromatic carbocycles. The third kappa shape index (κ3) is 6.43. The summed E-state index contributed by atoms with van der Waals surface area (Å²) in [5.74, 6) is 0.626. The zero-order valence-corrected chi connectivity index (χ0v) is 20.4. The first kappa shape index (κ1) is 24.3. The molecule has 1 atom stereocenters. The Labute approximate surface area is 187 Å². The van der Waals surface area contributed by atoms with E-state index in [1.165, 1.54) is 22.6 Å². The summed E-state index contributed by atoms with van der Waals surface area (Å²) in [6.45, 7) is 9.17. The van der Waals surface area contributed by atoms with Gasteiger partial charge in [-0.15, -0.1) is 35.3 Å². The molecule has 1 unspecified atom stereocenters. The SMILES string of the molecule is CN=C(NCCNC(=O)c1scnc1C)NC(C)Cc1c(C)nn(C)c1C.I. The number of aliphatic imine (C=N–C) groups is 1. The molecule has 0 bridgehead atoms. The van der Waals surface area contributed by atoms with E-state index in [9.17, 15) is 4.79 Å². The second-order valence-corrected chi connectivity index (χ2v) is 7.40. The largest absolute Gasteiger partial charge is 0.355 e. The van der Waals surface area contributed by atoms with Crippen molar-refractivity contribution < 1.29 is 4.79 Å². The van der Waals surface area contributed by atoms with Gasteiger partial charge >= 0.3 is 0 Å². The number of thiazole rings is 1. The number of carbonyl (C=O) groups is 1. The van der Waals surface area contributed by atoms with Crippen LogP contribution in [0.25, 0.3) is 0 Å². The van der Waals surface area contributed by atoms with Gasteiger partial charge in [0, 0.05) is 38.9 Å². The number of aryl methyl sites for hydroxylation is 3. The van der Waals surface area contributed by atoms with Gasteiger partial charge in [0.1, 0.15) is 4.88 Å². The Balaban J connectivity index is 0.00000392. The van der Waals surface area contributed by atoms with E-state index in [1.54, 1.807) is 12.6 Å². The molecule has 10 heteroatoms. The lowest BCUT2D eigenvalue weighted by Crippen LogP contribution is -2.45. The van der Waals surface area contributed by atoms with Crippen LogP contribution in [-0.2, 0) is 13.5 Å². The third-order valence-electron chi connectivity index (χ3n) is 4.43. The molecule has 3 N–H and O–H groups in total. The normalized spacial score (nSPS) is 12.3. The van der Waals surface area contributed by atoms with Crippen LogP contribution < -0.4 is 16.0 Å². The van der Waals surface area contributed by atoms with E-state index in [-0.39, 0.29) is 35.9 Å². The molecular weight excluding hydrogens is 489 g/mol. The van der Waals surface area contributed by atoms with Gasteiger partial charge in [0.15, 0.2) is 5.96 Å². The average molecular weight is 519 g/mol. The van der Waals surface area contributed by atoms with Gasteiger partial charge in [-0.25, -0.2) is 4.98 Å². The van der Waals surface area contributed by atoms with Crippen LogP contribution in [0.4, 0.5) is 0 Å². The maximum atomic E-state index is 12.1. The van der Waals surface area contributed by atoms with Gasteiger partial charge in [-0.1, -0.05) is 0 Å². The Morgan fingerprint density at radius 1 is 1.25 bits per heavy atom. The summed E-state index contributed by atoms with van der Waals surface area (Å²) < 4.78 is 1.91.